The molecule has 1 aliphatic heterocycles. The van der Waals surface area contributed by atoms with Gasteiger partial charge in [-0.25, -0.2) is 0 Å². The first-order valence-electron chi connectivity index (χ1n) is 7.79. The van der Waals surface area contributed by atoms with Crippen molar-refractivity contribution in [3.05, 3.63) is 34.9 Å². The van der Waals surface area contributed by atoms with E-state index in [1.807, 2.05) is 26.0 Å². The molecule has 0 amide bonds. The van der Waals surface area contributed by atoms with E-state index in [0.29, 0.717) is 11.6 Å². The summed E-state index contributed by atoms with van der Waals surface area (Å²) in [7, 11) is -4.55. The predicted octanol–water partition coefficient (Wildman–Crippen LogP) is 2.97. The number of nitrogens with zero attached hydrogens (tertiary/aromatic N) is 3. The predicted molar refractivity (Wildman–Crippen MR) is 106 cm³/mol. The number of benzene rings is 1. The second kappa shape index (κ2) is 9.67. The molecule has 0 radical (unpaired) electrons. The average Bonchev–Trinajstić information content (AvgIpc) is 2.56. The first-order valence-corrected chi connectivity index (χ1v) is 10.4. The second-order valence-electron chi connectivity index (χ2n) is 6.25. The Balaban J connectivity index is 0.000000261. The molecule has 28 heavy (non-hydrogen) atoms. The van der Waals surface area contributed by atoms with Crippen LogP contribution in [0.4, 0.5) is 17.8 Å². The van der Waals surface area contributed by atoms with E-state index in [1.54, 1.807) is 12.1 Å². The maximum atomic E-state index is 10.7. The Morgan fingerprint density at radius 1 is 1.18 bits per heavy atom. The quantitative estimate of drug-likeness (QED) is 0.505. The van der Waals surface area contributed by atoms with Crippen LogP contribution in [0.1, 0.15) is 25.5 Å². The van der Waals surface area contributed by atoms with Crippen LogP contribution < -0.4 is 17.2 Å². The van der Waals surface area contributed by atoms with Crippen molar-refractivity contribution in [1.82, 2.24) is 15.0 Å². The zero-order chi connectivity index (χ0) is 20.9. The molecule has 0 saturated carbocycles. The third-order valence-electron chi connectivity index (χ3n) is 3.44. The van der Waals surface area contributed by atoms with Crippen molar-refractivity contribution in [3.63, 3.8) is 0 Å². The van der Waals surface area contributed by atoms with Gasteiger partial charge in [-0.2, -0.15) is 15.0 Å². The van der Waals surface area contributed by atoms with Crippen molar-refractivity contribution in [2.45, 2.75) is 20.0 Å². The van der Waals surface area contributed by atoms with E-state index in [1.165, 1.54) is 0 Å². The van der Waals surface area contributed by atoms with Crippen LogP contribution in [0.15, 0.2) is 24.3 Å². The van der Waals surface area contributed by atoms with Gasteiger partial charge in [0, 0.05) is 15.0 Å². The summed E-state index contributed by atoms with van der Waals surface area (Å²) in [6.07, 6.45) is -0.278. The van der Waals surface area contributed by atoms with Crippen molar-refractivity contribution in [1.29, 1.82) is 0 Å². The largest absolute Gasteiger partial charge is 0.702 e. The van der Waals surface area contributed by atoms with Gasteiger partial charge in [-0.3, -0.25) is 0 Å². The molecule has 1 aromatic carbocycles. The van der Waals surface area contributed by atoms with E-state index in [4.69, 9.17) is 47.1 Å². The minimum Gasteiger partial charge on any atom is -0.368 e. The molecule has 152 valence electrons. The van der Waals surface area contributed by atoms with Crippen molar-refractivity contribution in [2.24, 2.45) is 5.41 Å². The molecule has 1 aliphatic rings. The van der Waals surface area contributed by atoms with E-state index < -0.39 is 16.9 Å². The highest BCUT2D eigenvalue weighted by Crippen LogP contribution is 2.58. The summed E-state index contributed by atoms with van der Waals surface area (Å²) in [5.74, 6) is 0.125. The van der Waals surface area contributed by atoms with Crippen molar-refractivity contribution in [2.75, 3.05) is 23.8 Å². The van der Waals surface area contributed by atoms with E-state index in [-0.39, 0.29) is 29.4 Å². The number of aromatic nitrogens is 3. The highest BCUT2D eigenvalue weighted by atomic mass is 35.5. The number of hydrogen-bond donors (Lipinski definition) is 4. The summed E-state index contributed by atoms with van der Waals surface area (Å²) in [5, 5.41) is 0.644. The fourth-order valence-electron chi connectivity index (χ4n) is 2.23. The normalized spacial score (nSPS) is 21.4. The molecule has 3 unspecified atom stereocenters. The van der Waals surface area contributed by atoms with Gasteiger partial charge in [-0.05, 0) is 22.0 Å². The molecule has 0 spiro atoms. The Labute approximate surface area is 168 Å². The molecule has 7 N–H and O–H groups in total. The zero-order valence-corrected chi connectivity index (χ0v) is 17.6. The lowest BCUT2D eigenvalue weighted by molar-refractivity contribution is -0.0256. The first kappa shape index (κ1) is 22.6. The number of rotatable bonds is 3. The van der Waals surface area contributed by atoms with Gasteiger partial charge in [0.05, 0.1) is 12.7 Å². The van der Waals surface area contributed by atoms with Gasteiger partial charge in [0.2, 0.25) is 17.8 Å². The summed E-state index contributed by atoms with van der Waals surface area (Å²) in [5.41, 5.74) is 16.1. The van der Waals surface area contributed by atoms with Gasteiger partial charge in [-0.1, -0.05) is 37.6 Å². The Hall–Kier alpha value is -1.71. The van der Waals surface area contributed by atoms with Gasteiger partial charge in [0.1, 0.15) is 0 Å². The number of halogens is 1. The summed E-state index contributed by atoms with van der Waals surface area (Å²) in [4.78, 5) is 19.2. The molecule has 0 aliphatic carbocycles. The molecule has 1 fully saturated rings. The van der Waals surface area contributed by atoms with Crippen LogP contribution in [0.25, 0.3) is 0 Å². The van der Waals surface area contributed by atoms with E-state index in [0.717, 1.165) is 5.56 Å². The van der Waals surface area contributed by atoms with Crippen molar-refractivity contribution < 1.29 is 22.8 Å². The van der Waals surface area contributed by atoms with Gasteiger partial charge < -0.3 is 26.2 Å². The molecule has 3 rings (SSSR count). The highest BCUT2D eigenvalue weighted by Gasteiger charge is 2.44. The third kappa shape index (κ3) is 6.72. The van der Waals surface area contributed by atoms with Crippen LogP contribution in [-0.4, -0.2) is 26.5 Å². The third-order valence-corrected chi connectivity index (χ3v) is 5.51. The number of anilines is 3. The second-order valence-corrected chi connectivity index (χ2v) is 8.73. The maximum absolute atomic E-state index is 10.7. The Bertz CT molecular complexity index is 778. The molecule has 2 aromatic rings. The fraction of sp³-hybridized carbons (Fsp3) is 0.357. The standard InChI is InChI=1S/C11H13ClO5P2.C3H6N6/c1-11(2)7-15-19(17-18(13)14)16-10(11)8-3-5-9(12)6-4-8;4-1-7-2(5)9-3(6)8-1/h3-6,10H,7H2,1-2H3;(H6,4,5,6,7,8,9)/p+1. The monoisotopic (exact) mass is 449 g/mol. The summed E-state index contributed by atoms with van der Waals surface area (Å²) in [6, 6.07) is 7.29. The average molecular weight is 450 g/mol. The number of nitrogen functional groups attached to an aromatic ring is 3. The van der Waals surface area contributed by atoms with Crippen LogP contribution in [0, 0.1) is 5.41 Å². The van der Waals surface area contributed by atoms with Gasteiger partial charge in [0.25, 0.3) is 0 Å². The smallest absolute Gasteiger partial charge is 0.368 e. The van der Waals surface area contributed by atoms with Gasteiger partial charge in [0.15, 0.2) is 0 Å². The van der Waals surface area contributed by atoms with E-state index in [9.17, 15) is 4.57 Å². The number of nitrogens with two attached hydrogens (primary N) is 3. The summed E-state index contributed by atoms with van der Waals surface area (Å²) < 4.78 is 26.4. The highest BCUT2D eigenvalue weighted by molar-refractivity contribution is 7.51. The number of hydrogen-bond acceptors (Lipinski definition) is 10. The molecular formula is C14H20ClN6O5P2+. The summed E-state index contributed by atoms with van der Waals surface area (Å²) >= 11 is 5.86. The molecule has 11 nitrogen and oxygen atoms in total. The van der Waals surface area contributed by atoms with Crippen molar-refractivity contribution >= 4 is 46.3 Å². The van der Waals surface area contributed by atoms with E-state index in [2.05, 4.69) is 15.0 Å². The van der Waals surface area contributed by atoms with Crippen LogP contribution in [0.2, 0.25) is 5.02 Å². The van der Waals surface area contributed by atoms with E-state index >= 15 is 0 Å². The SMILES string of the molecule is CC1(C)COP(O[P+](=O)O)OC1c1ccc(Cl)cc1.Nc1nc(N)nc(N)n1. The van der Waals surface area contributed by atoms with Crippen LogP contribution >= 0.6 is 28.5 Å². The Morgan fingerprint density at radius 2 is 1.68 bits per heavy atom. The minimum absolute atomic E-state index is 0.0417. The zero-order valence-electron chi connectivity index (χ0n) is 15.0. The minimum atomic E-state index is -2.74. The summed E-state index contributed by atoms with van der Waals surface area (Å²) in [6.45, 7) is 4.38. The molecule has 1 aromatic heterocycles. The molecule has 2 heterocycles. The molecular weight excluding hydrogens is 430 g/mol. The van der Waals surface area contributed by atoms with Gasteiger partial charge >= 0.3 is 16.9 Å². The van der Waals surface area contributed by atoms with Crippen LogP contribution in [0.3, 0.4) is 0 Å². The van der Waals surface area contributed by atoms with Crippen LogP contribution in [-0.2, 0) is 17.9 Å². The lowest BCUT2D eigenvalue weighted by atomic mass is 9.83. The lowest BCUT2D eigenvalue weighted by Gasteiger charge is -2.39. The molecule has 3 atom stereocenters. The molecule has 14 heteroatoms. The maximum Gasteiger partial charge on any atom is 0.702 e. The Kier molecular flexibility index (Phi) is 7.79. The lowest BCUT2D eigenvalue weighted by Crippen LogP contribution is -2.32. The van der Waals surface area contributed by atoms with Crippen LogP contribution in [0.5, 0.6) is 0 Å². The fourth-order valence-corrected chi connectivity index (χ4v) is 4.23. The molecule has 0 bridgehead atoms. The Morgan fingerprint density at radius 3 is 2.14 bits per heavy atom. The van der Waals surface area contributed by atoms with Crippen molar-refractivity contribution in [3.8, 4) is 0 Å². The topological polar surface area (TPSA) is 182 Å². The molecule has 1 saturated heterocycles. The first-order chi connectivity index (χ1) is 13.1. The van der Waals surface area contributed by atoms with Gasteiger partial charge in [-0.15, -0.1) is 4.89 Å².